The van der Waals surface area contributed by atoms with Gasteiger partial charge >= 0.3 is 49.2 Å². The maximum atomic E-state index is 13.1. The number of rotatable bonds is 24. The quantitative estimate of drug-likeness (QED) is 0.00839. The Morgan fingerprint density at radius 1 is 0.412 bits per heavy atom. The number of aryl methyl sites for hydroxylation is 5. The van der Waals surface area contributed by atoms with E-state index in [1.165, 1.54) is 76.6 Å². The number of phenols is 1. The number of benzene rings is 8. The van der Waals surface area contributed by atoms with Crippen LogP contribution in [-0.4, -0.2) is 130 Å². The van der Waals surface area contributed by atoms with Crippen LogP contribution in [-0.2, 0) is 78.4 Å². The van der Waals surface area contributed by atoms with E-state index in [1.807, 2.05) is 12.1 Å². The van der Waals surface area contributed by atoms with E-state index in [2.05, 4.69) is 47.4 Å². The molecule has 17 nitrogen and oxygen atoms in total. The molecule has 9 rings (SSSR count). The molecule has 136 heavy (non-hydrogen) atoms. The van der Waals surface area contributed by atoms with Gasteiger partial charge in [0.25, 0.3) is 0 Å². The number of hydrogen-bond acceptors (Lipinski definition) is 17. The molecule has 0 heterocycles. The number of carbonyl (C=O) groups is 3. The molecule has 1 aliphatic carbocycles. The molecule has 0 spiro atoms. The summed E-state index contributed by atoms with van der Waals surface area (Å²) in [6.07, 6.45) is -32.7. The summed E-state index contributed by atoms with van der Waals surface area (Å²) in [5.41, 5.74) is -4.54. The van der Waals surface area contributed by atoms with Crippen LogP contribution in [0.2, 0.25) is 0 Å². The van der Waals surface area contributed by atoms with Crippen LogP contribution in [0.5, 0.6) is 17.2 Å². The molecule has 0 radical (unpaired) electrons. The largest absolute Gasteiger partial charge is 0.508 e. The van der Waals surface area contributed by atoms with Crippen LogP contribution in [0.4, 0.5) is 92.2 Å². The number of phenolic OH excluding ortho intramolecular Hbond substituents is 1. The van der Waals surface area contributed by atoms with Gasteiger partial charge < -0.3 is 67.8 Å². The van der Waals surface area contributed by atoms with Crippen molar-refractivity contribution in [1.82, 2.24) is 0 Å². The number of aliphatic hydroxyl groups is 3. The molecule has 8 aromatic rings. The van der Waals surface area contributed by atoms with E-state index in [0.717, 1.165) is 77.4 Å². The summed E-state index contributed by atoms with van der Waals surface area (Å²) in [6, 6.07) is 39.0. The van der Waals surface area contributed by atoms with Gasteiger partial charge in [-0.15, -0.1) is 0 Å². The molecule has 1 aliphatic rings. The summed E-state index contributed by atoms with van der Waals surface area (Å²) >= 11 is 10.3. The SMILES string of the molecule is C=C(C)C(=O)OC1CC(C(C)(O)C(F)(F)F)CC(C(C)(O)C(F)(F)F)C1.C=Cc1ccc(O)cc1.C=Cc1ccc(OC(OC)c2cc(C)cc(C(F)(F)F)c2)cc1.C=Cc1ccc(OC(OC)c2cc(C)cc(C(F)(F)F)c2)cc1.CC(=O)Cl.COC(CO)OC.COC(Cl)c1cc(C)cc(C(F)(F)F)c1.COC(OC)c1cc(C)cc(C(F)(F)F)c1.Cc1cc(C=O)cc(C(F)(F)F)c1. The van der Waals surface area contributed by atoms with Crippen molar-refractivity contribution < 1.29 is 174 Å². The first-order valence-corrected chi connectivity index (χ1v) is 40.6. The molecule has 0 bridgehead atoms. The predicted molar refractivity (Wildman–Crippen MR) is 471 cm³/mol. The first kappa shape index (κ1) is 124. The second kappa shape index (κ2) is 55.9. The minimum absolute atomic E-state index is 0.0484. The van der Waals surface area contributed by atoms with Crippen molar-refractivity contribution in [2.24, 2.45) is 11.8 Å². The third-order valence-corrected chi connectivity index (χ3v) is 19.4. The van der Waals surface area contributed by atoms with Crippen molar-refractivity contribution in [2.75, 3.05) is 56.4 Å². The van der Waals surface area contributed by atoms with Crippen molar-refractivity contribution in [3.8, 4) is 17.2 Å². The maximum absolute atomic E-state index is 13.1. The molecule has 7 unspecified atom stereocenters. The van der Waals surface area contributed by atoms with E-state index in [-0.39, 0.29) is 23.0 Å². The smallest absolute Gasteiger partial charge is 0.417 e. The molecule has 754 valence electrons. The summed E-state index contributed by atoms with van der Waals surface area (Å²) in [7, 11) is 9.83. The predicted octanol–water partition coefficient (Wildman–Crippen LogP) is 26.7. The average molecular weight is 2000 g/mol. The topological polar surface area (TPSA) is 224 Å². The first-order valence-electron chi connectivity index (χ1n) is 39.8. The van der Waals surface area contributed by atoms with Crippen molar-refractivity contribution in [3.63, 3.8) is 0 Å². The number of ether oxygens (including phenoxy) is 10. The summed E-state index contributed by atoms with van der Waals surface area (Å²) in [4.78, 5) is 31.1. The first-order chi connectivity index (χ1) is 62.6. The lowest BCUT2D eigenvalue weighted by atomic mass is 9.67. The second-order valence-electron chi connectivity index (χ2n) is 30.1. The van der Waals surface area contributed by atoms with Gasteiger partial charge in [-0.2, -0.15) is 92.2 Å². The minimum Gasteiger partial charge on any atom is -0.508 e. The normalized spacial score (nSPS) is 15.3. The molecule has 7 atom stereocenters. The molecular formula is C96H107Cl2F21O17. The highest BCUT2D eigenvalue weighted by molar-refractivity contribution is 6.62. The third kappa shape index (κ3) is 43.1. The number of alkyl halides is 22. The van der Waals surface area contributed by atoms with Gasteiger partial charge in [0, 0.05) is 96.4 Å². The molecule has 8 aromatic carbocycles. The molecule has 0 aliphatic heterocycles. The number of halogens is 23. The lowest BCUT2D eigenvalue weighted by Crippen LogP contribution is -2.57. The molecule has 1 fully saturated rings. The number of methoxy groups -OCH3 is 7. The van der Waals surface area contributed by atoms with Crippen LogP contribution < -0.4 is 9.47 Å². The molecule has 0 amide bonds. The van der Waals surface area contributed by atoms with E-state index in [0.29, 0.717) is 87.5 Å². The van der Waals surface area contributed by atoms with E-state index in [4.69, 9.17) is 59.7 Å². The van der Waals surface area contributed by atoms with Crippen molar-refractivity contribution in [1.29, 1.82) is 0 Å². The fourth-order valence-corrected chi connectivity index (χ4v) is 12.1. The van der Waals surface area contributed by atoms with Crippen LogP contribution in [0.1, 0.15) is 176 Å². The zero-order valence-electron chi connectivity index (χ0n) is 76.5. The second-order valence-corrected chi connectivity index (χ2v) is 31.0. The molecule has 1 saturated carbocycles. The number of esters is 1. The molecule has 40 heteroatoms. The standard InChI is InChI=1S/2C18H17F3O2.C16H22F6O4.C11H13F3O2.C10H10ClF3O.C9H7F3O.C8H8O.C4H10O3.C2H3ClO/c2*1-4-13-5-7-16(8-6-13)23-17(22-3)14-9-12(2)10-15(11-14)18(19,20)21;1-8(2)12(23)26-11-6-9(13(3,24)15(17,18)19)5-10(7-11)14(4,25)16(20,21)22;1-7-4-8(10(15-2)16-3)6-9(5-7)11(12,13)14;1-6-3-7(9(11)15-2)5-8(4-6)10(12,13)14;1-6-2-7(5-13)4-8(3-6)9(10,11)12;1-2-7-3-5-8(9)6-4-7;1-6-4(3-5)7-2;1-2(3)4/h2*4-11,17H,1H2,2-3H3;9-11,24-25H,1,5-7H2,2-4H3;4-6,10H,1-3H3;3-5,9H,1-2H3;2-5H,1H3;2-6,9H,1H2;4-5H,3H2,1-2H3;1H3. The number of hydrogen-bond donors (Lipinski definition) is 4. The lowest BCUT2D eigenvalue weighted by molar-refractivity contribution is -0.299. The van der Waals surface area contributed by atoms with E-state index in [1.54, 1.807) is 131 Å². The Morgan fingerprint density at radius 3 is 0.926 bits per heavy atom. The summed E-state index contributed by atoms with van der Waals surface area (Å²) in [5, 5.41) is 36.5. The van der Waals surface area contributed by atoms with E-state index < -0.39 is 156 Å². The third-order valence-electron chi connectivity index (χ3n) is 19.0. The van der Waals surface area contributed by atoms with Crippen LogP contribution >= 0.6 is 23.2 Å². The highest BCUT2D eigenvalue weighted by Gasteiger charge is 2.62. The zero-order chi connectivity index (χ0) is 105. The molecular weight excluding hydrogens is 1890 g/mol. The van der Waals surface area contributed by atoms with Gasteiger partial charge in [0.05, 0.1) is 34.4 Å². The van der Waals surface area contributed by atoms with Crippen LogP contribution in [0, 0.1) is 46.5 Å². The summed E-state index contributed by atoms with van der Waals surface area (Å²) in [6.45, 7) is 25.5. The van der Waals surface area contributed by atoms with Gasteiger partial charge in [-0.1, -0.05) is 127 Å². The van der Waals surface area contributed by atoms with Crippen LogP contribution in [0.3, 0.4) is 0 Å². The zero-order valence-corrected chi connectivity index (χ0v) is 78.0. The molecule has 0 saturated heterocycles. The fourth-order valence-electron chi connectivity index (χ4n) is 12.0. The molecule has 4 N–H and O–H groups in total. The number of aliphatic hydroxyl groups excluding tert-OH is 1. The van der Waals surface area contributed by atoms with Gasteiger partial charge in [0.15, 0.2) is 29.3 Å². The Labute approximate surface area is 784 Å². The number of carbonyl (C=O) groups excluding carboxylic acids is 3. The van der Waals surface area contributed by atoms with Crippen molar-refractivity contribution in [3.05, 3.63) is 296 Å². The van der Waals surface area contributed by atoms with Gasteiger partial charge in [0.2, 0.25) is 17.8 Å². The van der Waals surface area contributed by atoms with Crippen LogP contribution in [0.25, 0.3) is 18.2 Å². The maximum Gasteiger partial charge on any atom is 0.417 e. The summed E-state index contributed by atoms with van der Waals surface area (Å²) < 4.78 is 318. The lowest BCUT2D eigenvalue weighted by Gasteiger charge is -2.46. The summed E-state index contributed by atoms with van der Waals surface area (Å²) in [5.74, 6) is -3.07. The highest BCUT2D eigenvalue weighted by Crippen LogP contribution is 2.51. The molecule has 0 aromatic heterocycles. The highest BCUT2D eigenvalue weighted by atomic mass is 35.5. The Kier molecular flexibility index (Phi) is 50.8. The Balaban J connectivity index is 0.000000792. The fraction of sp³-hybridized carbons (Fsp3) is 0.385. The monoisotopic (exact) mass is 2000 g/mol. The number of aromatic hydroxyl groups is 1. The minimum atomic E-state index is -5.10. The Hall–Kier alpha value is -10.4. The van der Waals surface area contributed by atoms with Gasteiger partial charge in [0.1, 0.15) is 29.6 Å². The van der Waals surface area contributed by atoms with Crippen LogP contribution in [0.15, 0.2) is 196 Å². The van der Waals surface area contributed by atoms with Gasteiger partial charge in [-0.25, -0.2) is 4.79 Å². The van der Waals surface area contributed by atoms with Gasteiger partial charge in [-0.05, 0) is 229 Å². The van der Waals surface area contributed by atoms with E-state index >= 15 is 0 Å². The Morgan fingerprint density at radius 2 is 0.684 bits per heavy atom. The average Bonchev–Trinajstić information content (AvgIpc) is 0.757. The van der Waals surface area contributed by atoms with Crippen molar-refractivity contribution >= 4 is 58.9 Å². The number of aldehydes is 1. The van der Waals surface area contributed by atoms with E-state index in [9.17, 15) is 117 Å². The van der Waals surface area contributed by atoms with Crippen molar-refractivity contribution in [2.45, 2.75) is 173 Å². The Bertz CT molecular complexity index is 4860. The van der Waals surface area contributed by atoms with Gasteiger partial charge in [-0.3, -0.25) is 9.59 Å².